The van der Waals surface area contributed by atoms with Gasteiger partial charge in [0.1, 0.15) is 12.4 Å². The molecular weight excluding hydrogens is 355 g/mol. The number of ether oxygens (including phenoxy) is 1. The number of rotatable bonds is 4. The summed E-state index contributed by atoms with van der Waals surface area (Å²) < 4.78 is 43.2. The van der Waals surface area contributed by atoms with Crippen LogP contribution in [0.5, 0.6) is 5.75 Å². The van der Waals surface area contributed by atoms with Crippen molar-refractivity contribution < 1.29 is 22.7 Å². The normalized spacial score (nSPS) is 10.6. The molecule has 0 aromatic heterocycles. The number of para-hydroxylation sites is 1. The Labute approximate surface area is 147 Å². The summed E-state index contributed by atoms with van der Waals surface area (Å²) in [6, 6.07) is 11.1. The van der Waals surface area contributed by atoms with Gasteiger partial charge in [0, 0.05) is 5.56 Å². The molecule has 2 aromatic rings. The largest absolute Gasteiger partial charge is 0.479 e. The molecule has 0 fully saturated rings. The SMILES string of the molecule is O=C(NCC#CCOc1ccccc1Cl)c1cccc(C(F)(F)F)c1. The Bertz CT molecular complexity index is 810. The highest BCUT2D eigenvalue weighted by Gasteiger charge is 2.30. The van der Waals surface area contributed by atoms with Gasteiger partial charge in [-0.2, -0.15) is 13.2 Å². The van der Waals surface area contributed by atoms with Crippen LogP contribution in [0.25, 0.3) is 0 Å². The van der Waals surface area contributed by atoms with E-state index in [1.165, 1.54) is 12.1 Å². The maximum absolute atomic E-state index is 12.6. The van der Waals surface area contributed by atoms with Gasteiger partial charge in [-0.25, -0.2) is 0 Å². The summed E-state index contributed by atoms with van der Waals surface area (Å²) in [7, 11) is 0. The topological polar surface area (TPSA) is 38.3 Å². The minimum Gasteiger partial charge on any atom is -0.479 e. The number of halogens is 4. The van der Waals surface area contributed by atoms with Crippen LogP contribution in [0.4, 0.5) is 13.2 Å². The Morgan fingerprint density at radius 2 is 1.88 bits per heavy atom. The van der Waals surface area contributed by atoms with E-state index in [1.54, 1.807) is 24.3 Å². The summed E-state index contributed by atoms with van der Waals surface area (Å²) in [5, 5.41) is 2.89. The molecule has 7 heteroatoms. The van der Waals surface area contributed by atoms with Crippen molar-refractivity contribution in [3.63, 3.8) is 0 Å². The highest BCUT2D eigenvalue weighted by atomic mass is 35.5. The summed E-state index contributed by atoms with van der Waals surface area (Å²) in [4.78, 5) is 11.8. The summed E-state index contributed by atoms with van der Waals surface area (Å²) in [5.74, 6) is 5.19. The van der Waals surface area contributed by atoms with Crippen molar-refractivity contribution >= 4 is 17.5 Å². The molecule has 0 atom stereocenters. The van der Waals surface area contributed by atoms with Gasteiger partial charge in [0.05, 0.1) is 17.1 Å². The van der Waals surface area contributed by atoms with Gasteiger partial charge < -0.3 is 10.1 Å². The van der Waals surface area contributed by atoms with E-state index in [9.17, 15) is 18.0 Å². The zero-order chi connectivity index (χ0) is 18.3. The molecule has 0 aliphatic rings. The van der Waals surface area contributed by atoms with Gasteiger partial charge in [0.15, 0.2) is 0 Å². The molecule has 0 heterocycles. The standard InChI is InChI=1S/C18H13ClF3NO2/c19-15-8-1-2-9-16(15)25-11-4-3-10-23-17(24)13-6-5-7-14(12-13)18(20,21)22/h1-2,5-9,12H,10-11H2,(H,23,24). The molecule has 130 valence electrons. The molecule has 1 N–H and O–H groups in total. The molecule has 2 aromatic carbocycles. The number of alkyl halides is 3. The summed E-state index contributed by atoms with van der Waals surface area (Å²) in [5.41, 5.74) is -0.955. The Kier molecular flexibility index (Phi) is 6.31. The van der Waals surface area contributed by atoms with Gasteiger partial charge in [-0.05, 0) is 30.3 Å². The van der Waals surface area contributed by atoms with Crippen molar-refractivity contribution in [3.05, 3.63) is 64.7 Å². The monoisotopic (exact) mass is 367 g/mol. The van der Waals surface area contributed by atoms with E-state index in [1.807, 2.05) is 0 Å². The molecule has 0 saturated carbocycles. The van der Waals surface area contributed by atoms with Gasteiger partial charge in [0.2, 0.25) is 0 Å². The van der Waals surface area contributed by atoms with E-state index in [0.29, 0.717) is 10.8 Å². The lowest BCUT2D eigenvalue weighted by molar-refractivity contribution is -0.137. The quantitative estimate of drug-likeness (QED) is 0.824. The molecule has 0 spiro atoms. The van der Waals surface area contributed by atoms with Crippen LogP contribution in [0, 0.1) is 11.8 Å². The van der Waals surface area contributed by atoms with Gasteiger partial charge in [-0.15, -0.1) is 0 Å². The van der Waals surface area contributed by atoms with Crippen LogP contribution in [0.2, 0.25) is 5.02 Å². The predicted molar refractivity (Wildman–Crippen MR) is 88.5 cm³/mol. The average molecular weight is 368 g/mol. The van der Waals surface area contributed by atoms with Gasteiger partial charge in [0.25, 0.3) is 5.91 Å². The zero-order valence-corrected chi connectivity index (χ0v) is 13.6. The molecule has 0 unspecified atom stereocenters. The van der Waals surface area contributed by atoms with Crippen molar-refractivity contribution in [2.45, 2.75) is 6.18 Å². The molecule has 0 aliphatic carbocycles. The highest BCUT2D eigenvalue weighted by Crippen LogP contribution is 2.29. The van der Waals surface area contributed by atoms with Crippen LogP contribution < -0.4 is 10.1 Å². The van der Waals surface area contributed by atoms with Gasteiger partial charge >= 0.3 is 6.18 Å². The molecule has 25 heavy (non-hydrogen) atoms. The lowest BCUT2D eigenvalue weighted by Gasteiger charge is -2.08. The lowest BCUT2D eigenvalue weighted by atomic mass is 10.1. The van der Waals surface area contributed by atoms with Crippen LogP contribution >= 0.6 is 11.6 Å². The number of hydrogen-bond donors (Lipinski definition) is 1. The smallest absolute Gasteiger partial charge is 0.416 e. The molecular formula is C18H13ClF3NO2. The maximum atomic E-state index is 12.6. The first-order valence-corrected chi connectivity index (χ1v) is 7.54. The summed E-state index contributed by atoms with van der Waals surface area (Å²) in [6.07, 6.45) is -4.49. The van der Waals surface area contributed by atoms with Crippen LogP contribution in [0.15, 0.2) is 48.5 Å². The average Bonchev–Trinajstić information content (AvgIpc) is 2.58. The number of amides is 1. The number of carbonyl (C=O) groups is 1. The lowest BCUT2D eigenvalue weighted by Crippen LogP contribution is -2.24. The first kappa shape index (κ1) is 18.7. The summed E-state index contributed by atoms with van der Waals surface area (Å²) in [6.45, 7) is 0.0596. The van der Waals surface area contributed by atoms with Gasteiger partial charge in [-0.1, -0.05) is 41.6 Å². The number of nitrogens with one attached hydrogen (secondary N) is 1. The second kappa shape index (κ2) is 8.45. The Morgan fingerprint density at radius 3 is 2.60 bits per heavy atom. The minimum atomic E-state index is -4.49. The molecule has 0 bridgehead atoms. The van der Waals surface area contributed by atoms with E-state index in [2.05, 4.69) is 17.2 Å². The van der Waals surface area contributed by atoms with Crippen molar-refractivity contribution in [3.8, 4) is 17.6 Å². The van der Waals surface area contributed by atoms with Crippen LogP contribution in [0.3, 0.4) is 0 Å². The predicted octanol–water partition coefficient (Wildman–Crippen LogP) is 4.17. The summed E-state index contributed by atoms with van der Waals surface area (Å²) >= 11 is 5.91. The fraction of sp³-hybridized carbons (Fsp3) is 0.167. The van der Waals surface area contributed by atoms with Crippen LogP contribution in [-0.2, 0) is 6.18 Å². The Balaban J connectivity index is 1.82. The Morgan fingerprint density at radius 1 is 1.12 bits per heavy atom. The molecule has 0 aliphatic heterocycles. The fourth-order valence-corrected chi connectivity index (χ4v) is 2.04. The molecule has 0 radical (unpaired) electrons. The van der Waals surface area contributed by atoms with E-state index in [4.69, 9.17) is 16.3 Å². The number of carbonyl (C=O) groups excluding carboxylic acids is 1. The molecule has 2 rings (SSSR count). The van der Waals surface area contributed by atoms with Crippen molar-refractivity contribution in [1.29, 1.82) is 0 Å². The third-order valence-corrected chi connectivity index (χ3v) is 3.36. The Hall–Kier alpha value is -2.65. The van der Waals surface area contributed by atoms with E-state index in [-0.39, 0.29) is 18.7 Å². The minimum absolute atomic E-state index is 0.0129. The van der Waals surface area contributed by atoms with E-state index < -0.39 is 17.6 Å². The molecule has 0 saturated heterocycles. The van der Waals surface area contributed by atoms with Crippen molar-refractivity contribution in [1.82, 2.24) is 5.32 Å². The van der Waals surface area contributed by atoms with Crippen molar-refractivity contribution in [2.24, 2.45) is 0 Å². The van der Waals surface area contributed by atoms with Gasteiger partial charge in [-0.3, -0.25) is 4.79 Å². The molecule has 1 amide bonds. The van der Waals surface area contributed by atoms with Crippen molar-refractivity contribution in [2.75, 3.05) is 13.2 Å². The maximum Gasteiger partial charge on any atom is 0.416 e. The number of hydrogen-bond acceptors (Lipinski definition) is 2. The zero-order valence-electron chi connectivity index (χ0n) is 12.9. The second-order valence-electron chi connectivity index (χ2n) is 4.83. The first-order chi connectivity index (χ1) is 11.9. The first-order valence-electron chi connectivity index (χ1n) is 7.16. The van der Waals surface area contributed by atoms with E-state index >= 15 is 0 Å². The number of benzene rings is 2. The second-order valence-corrected chi connectivity index (χ2v) is 5.24. The molecule has 3 nitrogen and oxygen atoms in total. The highest BCUT2D eigenvalue weighted by molar-refractivity contribution is 6.32. The van der Waals surface area contributed by atoms with Crippen LogP contribution in [0.1, 0.15) is 15.9 Å². The third kappa shape index (κ3) is 5.73. The fourth-order valence-electron chi connectivity index (χ4n) is 1.85. The van der Waals surface area contributed by atoms with E-state index in [0.717, 1.165) is 12.1 Å². The van der Waals surface area contributed by atoms with Crippen LogP contribution in [-0.4, -0.2) is 19.1 Å². The third-order valence-electron chi connectivity index (χ3n) is 3.05.